The Balaban J connectivity index is 0.000000454. The van der Waals surface area contributed by atoms with Gasteiger partial charge in [-0.25, -0.2) is 9.18 Å². The van der Waals surface area contributed by atoms with Gasteiger partial charge in [-0.15, -0.1) is 0 Å². The highest BCUT2D eigenvalue weighted by Gasteiger charge is 2.48. The van der Waals surface area contributed by atoms with Gasteiger partial charge in [-0.1, -0.05) is 25.1 Å². The molecule has 1 spiro atoms. The van der Waals surface area contributed by atoms with Gasteiger partial charge in [-0.3, -0.25) is 14.5 Å². The molecule has 0 radical (unpaired) electrons. The number of anilines is 1. The largest absolute Gasteiger partial charge is 0.490 e. The Kier molecular flexibility index (Phi) is 8.02. The van der Waals surface area contributed by atoms with Crippen molar-refractivity contribution in [2.45, 2.75) is 31.5 Å². The van der Waals surface area contributed by atoms with Gasteiger partial charge in [0.25, 0.3) is 5.91 Å². The first-order valence-corrected chi connectivity index (χ1v) is 11.3. The second-order valence-electron chi connectivity index (χ2n) is 8.87. The molecule has 1 unspecified atom stereocenters. The van der Waals surface area contributed by atoms with Gasteiger partial charge in [0.2, 0.25) is 5.91 Å². The maximum atomic E-state index is 13.7. The van der Waals surface area contributed by atoms with E-state index in [1.165, 1.54) is 17.7 Å². The number of alkyl halides is 3. The van der Waals surface area contributed by atoms with E-state index < -0.39 is 12.1 Å². The molecular weight excluding hydrogens is 482 g/mol. The molecule has 1 atom stereocenters. The fourth-order valence-corrected chi connectivity index (χ4v) is 4.37. The van der Waals surface area contributed by atoms with E-state index in [1.54, 1.807) is 17.0 Å². The summed E-state index contributed by atoms with van der Waals surface area (Å²) in [5.74, 6) is -3.15. The fraction of sp³-hybridized carbons (Fsp3) is 0.400. The van der Waals surface area contributed by atoms with Gasteiger partial charge in [0.05, 0.1) is 12.1 Å². The average molecular weight is 510 g/mol. The third-order valence-electron chi connectivity index (χ3n) is 6.53. The molecule has 2 heterocycles. The summed E-state index contributed by atoms with van der Waals surface area (Å²) in [6, 6.07) is 13.9. The molecule has 2 aliphatic rings. The van der Waals surface area contributed by atoms with Crippen LogP contribution in [0.3, 0.4) is 0 Å². The second kappa shape index (κ2) is 10.7. The van der Waals surface area contributed by atoms with Crippen LogP contribution >= 0.6 is 0 Å². The molecule has 2 aromatic carbocycles. The molecule has 2 saturated heterocycles. The summed E-state index contributed by atoms with van der Waals surface area (Å²) in [5.41, 5.74) is 2.15. The third-order valence-corrected chi connectivity index (χ3v) is 6.53. The third kappa shape index (κ3) is 6.01. The highest BCUT2D eigenvalue weighted by atomic mass is 19.4. The molecule has 194 valence electrons. The Morgan fingerprint density at radius 1 is 1.08 bits per heavy atom. The molecule has 2 aliphatic heterocycles. The Morgan fingerprint density at radius 3 is 2.28 bits per heavy atom. The van der Waals surface area contributed by atoms with E-state index >= 15 is 0 Å². The SMILES string of the molecule is CCc1ccc(C(=O)N2CCC3(C2)CN(c2cccc(F)c2)C(=O)CN3C)cc1.O=C(O)C(F)(F)F. The zero-order chi connectivity index (χ0) is 26.7. The lowest BCUT2D eigenvalue weighted by Gasteiger charge is -2.46. The number of aryl methyl sites for hydroxylation is 1. The maximum Gasteiger partial charge on any atom is 0.490 e. The summed E-state index contributed by atoms with van der Waals surface area (Å²) in [4.78, 5) is 40.1. The number of carboxylic acid groups (broad SMARTS) is 1. The van der Waals surface area contributed by atoms with Crippen molar-refractivity contribution in [3.05, 3.63) is 65.5 Å². The summed E-state index contributed by atoms with van der Waals surface area (Å²) < 4.78 is 45.4. The monoisotopic (exact) mass is 509 g/mol. The van der Waals surface area contributed by atoms with Crippen molar-refractivity contribution in [1.29, 1.82) is 0 Å². The van der Waals surface area contributed by atoms with Crippen molar-refractivity contribution in [3.63, 3.8) is 0 Å². The molecule has 0 saturated carbocycles. The topological polar surface area (TPSA) is 81.2 Å². The van der Waals surface area contributed by atoms with E-state index in [0.717, 1.165) is 12.8 Å². The lowest BCUT2D eigenvalue weighted by molar-refractivity contribution is -0.192. The lowest BCUT2D eigenvalue weighted by atomic mass is 9.92. The number of piperazine rings is 1. The molecule has 1 N–H and O–H groups in total. The maximum absolute atomic E-state index is 13.7. The standard InChI is InChI=1S/C23H26FN3O2.C2HF3O2/c1-3-17-7-9-18(10-8-17)22(29)26-12-11-23(15-26)16-27(21(28)14-25(23)2)20-6-4-5-19(24)13-20;3-2(4,5)1(6)7/h4-10,13H,3,11-12,14-16H2,1-2H3;(H,6,7). The van der Waals surface area contributed by atoms with Crippen LogP contribution in [0.25, 0.3) is 0 Å². The van der Waals surface area contributed by atoms with E-state index in [9.17, 15) is 27.2 Å². The van der Waals surface area contributed by atoms with Gasteiger partial charge in [0, 0.05) is 30.9 Å². The van der Waals surface area contributed by atoms with Crippen molar-refractivity contribution in [2.24, 2.45) is 0 Å². The number of nitrogens with zero attached hydrogens (tertiary/aromatic N) is 3. The van der Waals surface area contributed by atoms with Crippen LogP contribution in [-0.2, 0) is 16.0 Å². The molecular formula is C25H27F4N3O4. The molecule has 36 heavy (non-hydrogen) atoms. The van der Waals surface area contributed by atoms with E-state index in [1.807, 2.05) is 36.2 Å². The second-order valence-corrected chi connectivity index (χ2v) is 8.87. The number of carbonyl (C=O) groups excluding carboxylic acids is 2. The van der Waals surface area contributed by atoms with Crippen LogP contribution in [0.5, 0.6) is 0 Å². The predicted molar refractivity (Wildman–Crippen MR) is 124 cm³/mol. The van der Waals surface area contributed by atoms with Crippen molar-refractivity contribution in [2.75, 3.05) is 38.1 Å². The van der Waals surface area contributed by atoms with E-state index in [-0.39, 0.29) is 29.7 Å². The Bertz CT molecular complexity index is 1120. The molecule has 0 aliphatic carbocycles. The van der Waals surface area contributed by atoms with Crippen LogP contribution in [0.2, 0.25) is 0 Å². The van der Waals surface area contributed by atoms with Gasteiger partial charge < -0.3 is 14.9 Å². The van der Waals surface area contributed by atoms with Gasteiger partial charge in [0.15, 0.2) is 0 Å². The summed E-state index contributed by atoms with van der Waals surface area (Å²) in [7, 11) is 1.94. The Labute approximate surface area is 205 Å². The summed E-state index contributed by atoms with van der Waals surface area (Å²) in [5, 5.41) is 7.12. The van der Waals surface area contributed by atoms with Crippen LogP contribution < -0.4 is 4.90 Å². The molecule has 2 amide bonds. The quantitative estimate of drug-likeness (QED) is 0.640. The van der Waals surface area contributed by atoms with Crippen LogP contribution in [-0.4, -0.2) is 77.6 Å². The summed E-state index contributed by atoms with van der Waals surface area (Å²) in [6.07, 6.45) is -3.36. The summed E-state index contributed by atoms with van der Waals surface area (Å²) in [6.45, 7) is 3.99. The first kappa shape index (κ1) is 27.1. The van der Waals surface area contributed by atoms with E-state index in [4.69, 9.17) is 9.90 Å². The van der Waals surface area contributed by atoms with E-state index in [0.29, 0.717) is 30.9 Å². The van der Waals surface area contributed by atoms with Crippen molar-refractivity contribution >= 4 is 23.5 Å². The number of hydrogen-bond acceptors (Lipinski definition) is 4. The number of amides is 2. The minimum atomic E-state index is -5.08. The molecule has 0 bridgehead atoms. The Hall–Kier alpha value is -3.47. The fourth-order valence-electron chi connectivity index (χ4n) is 4.37. The van der Waals surface area contributed by atoms with Crippen molar-refractivity contribution < 1.29 is 37.1 Å². The number of rotatable bonds is 3. The van der Waals surface area contributed by atoms with Crippen molar-refractivity contribution in [1.82, 2.24) is 9.80 Å². The highest BCUT2D eigenvalue weighted by Crippen LogP contribution is 2.34. The number of hydrogen-bond donors (Lipinski definition) is 1. The Morgan fingerprint density at radius 2 is 1.72 bits per heavy atom. The first-order chi connectivity index (χ1) is 16.9. The predicted octanol–water partition coefficient (Wildman–Crippen LogP) is 3.58. The minimum absolute atomic E-state index is 0.0205. The number of carbonyl (C=O) groups is 3. The normalized spacial score (nSPS) is 20.3. The van der Waals surface area contributed by atoms with Gasteiger partial charge in [-0.2, -0.15) is 13.2 Å². The smallest absolute Gasteiger partial charge is 0.475 e. The number of likely N-dealkylation sites (tertiary alicyclic amines) is 1. The van der Waals surface area contributed by atoms with Crippen LogP contribution in [0.1, 0.15) is 29.3 Å². The summed E-state index contributed by atoms with van der Waals surface area (Å²) >= 11 is 0. The molecule has 2 fully saturated rings. The molecule has 0 aromatic heterocycles. The zero-order valence-corrected chi connectivity index (χ0v) is 19.9. The molecule has 4 rings (SSSR count). The number of likely N-dealkylation sites (N-methyl/N-ethyl adjacent to an activating group) is 1. The van der Waals surface area contributed by atoms with Crippen LogP contribution in [0.15, 0.2) is 48.5 Å². The number of aliphatic carboxylic acids is 1. The van der Waals surface area contributed by atoms with Gasteiger partial charge in [-0.05, 0) is 55.8 Å². The van der Waals surface area contributed by atoms with Crippen molar-refractivity contribution in [3.8, 4) is 0 Å². The molecule has 11 heteroatoms. The number of benzene rings is 2. The van der Waals surface area contributed by atoms with Gasteiger partial charge in [0.1, 0.15) is 5.82 Å². The average Bonchev–Trinajstić information content (AvgIpc) is 3.26. The van der Waals surface area contributed by atoms with Crippen LogP contribution in [0.4, 0.5) is 23.2 Å². The molecule has 7 nitrogen and oxygen atoms in total. The highest BCUT2D eigenvalue weighted by molar-refractivity contribution is 5.97. The number of carboxylic acids is 1. The minimum Gasteiger partial charge on any atom is -0.475 e. The van der Waals surface area contributed by atoms with E-state index in [2.05, 4.69) is 11.8 Å². The number of halogens is 4. The lowest BCUT2D eigenvalue weighted by Crippen LogP contribution is -2.64. The molecule has 2 aromatic rings. The zero-order valence-electron chi connectivity index (χ0n) is 19.9. The van der Waals surface area contributed by atoms with Gasteiger partial charge >= 0.3 is 12.1 Å². The first-order valence-electron chi connectivity index (χ1n) is 11.3. The van der Waals surface area contributed by atoms with Crippen LogP contribution in [0, 0.1) is 5.82 Å².